The molecule has 0 radical (unpaired) electrons. The van der Waals surface area contributed by atoms with Crippen LogP contribution in [0.2, 0.25) is 0 Å². The van der Waals surface area contributed by atoms with E-state index in [9.17, 15) is 5.26 Å². The van der Waals surface area contributed by atoms with Crippen molar-refractivity contribution in [2.24, 2.45) is 10.2 Å². The van der Waals surface area contributed by atoms with Crippen molar-refractivity contribution >= 4 is 23.1 Å². The van der Waals surface area contributed by atoms with Crippen LogP contribution in [-0.4, -0.2) is 6.61 Å². The number of anilines is 1. The Hall–Kier alpha value is -3.04. The zero-order chi connectivity index (χ0) is 18.4. The minimum atomic E-state index is 0.279. The molecule has 3 rings (SSSR count). The predicted molar refractivity (Wildman–Crippen MR) is 105 cm³/mol. The predicted octanol–water partition coefficient (Wildman–Crippen LogP) is 5.98. The third kappa shape index (κ3) is 3.95. The summed E-state index contributed by atoms with van der Waals surface area (Å²) in [5.74, 6) is 0.784. The maximum Gasteiger partial charge on any atom is 0.193 e. The van der Waals surface area contributed by atoms with Crippen molar-refractivity contribution in [1.29, 1.82) is 5.26 Å². The normalized spacial score (nSPS) is 15.7. The molecule has 2 aromatic carbocycles. The minimum Gasteiger partial charge on any atom is -0.494 e. The van der Waals surface area contributed by atoms with Gasteiger partial charge in [0.15, 0.2) is 5.70 Å². The van der Waals surface area contributed by atoms with Gasteiger partial charge in [-0.1, -0.05) is 30.0 Å². The second-order valence-electron chi connectivity index (χ2n) is 5.44. The van der Waals surface area contributed by atoms with Gasteiger partial charge in [0.1, 0.15) is 16.8 Å². The van der Waals surface area contributed by atoms with Crippen LogP contribution >= 0.6 is 11.8 Å². The number of allylic oxidation sites excluding steroid dienone is 2. The number of thioether (sulfide) groups is 1. The van der Waals surface area contributed by atoms with E-state index in [1.165, 1.54) is 11.8 Å². The van der Waals surface area contributed by atoms with E-state index in [1.807, 2.05) is 78.8 Å². The van der Waals surface area contributed by atoms with Crippen molar-refractivity contribution in [2.45, 2.75) is 13.8 Å². The first-order chi connectivity index (χ1) is 12.7. The van der Waals surface area contributed by atoms with Crippen molar-refractivity contribution in [1.82, 2.24) is 0 Å². The van der Waals surface area contributed by atoms with Gasteiger partial charge in [0.05, 0.1) is 12.3 Å². The van der Waals surface area contributed by atoms with Gasteiger partial charge in [-0.3, -0.25) is 0 Å². The Balaban J connectivity index is 1.88. The molecule has 1 aliphatic heterocycles. The Labute approximate surface area is 157 Å². The van der Waals surface area contributed by atoms with Crippen molar-refractivity contribution in [3.05, 3.63) is 76.4 Å². The average molecular weight is 362 g/mol. The zero-order valence-corrected chi connectivity index (χ0v) is 15.4. The summed E-state index contributed by atoms with van der Waals surface area (Å²) in [6.07, 6.45) is 0. The highest BCUT2D eigenvalue weighted by atomic mass is 32.2. The van der Waals surface area contributed by atoms with E-state index in [0.29, 0.717) is 12.3 Å². The summed E-state index contributed by atoms with van der Waals surface area (Å²) in [7, 11) is 0. The lowest BCUT2D eigenvalue weighted by atomic mass is 10.2. The zero-order valence-electron chi connectivity index (χ0n) is 14.6. The van der Waals surface area contributed by atoms with Gasteiger partial charge in [-0.15, -0.1) is 10.2 Å². The van der Waals surface area contributed by atoms with Crippen LogP contribution in [0, 0.1) is 11.3 Å². The Kier molecular flexibility index (Phi) is 5.72. The lowest BCUT2D eigenvalue weighted by Gasteiger charge is -2.21. The van der Waals surface area contributed by atoms with E-state index in [1.54, 1.807) is 0 Å². The molecule has 0 aromatic heterocycles. The Morgan fingerprint density at radius 1 is 1.15 bits per heavy atom. The molecule has 0 atom stereocenters. The molecule has 6 heteroatoms. The molecule has 0 bridgehead atoms. The molecule has 5 nitrogen and oxygen atoms in total. The molecule has 0 spiro atoms. The smallest absolute Gasteiger partial charge is 0.193 e. The van der Waals surface area contributed by atoms with Crippen molar-refractivity contribution < 1.29 is 4.74 Å². The summed E-state index contributed by atoms with van der Waals surface area (Å²) in [5.41, 5.74) is 2.98. The lowest BCUT2D eigenvalue weighted by molar-refractivity contribution is 0.340. The van der Waals surface area contributed by atoms with Gasteiger partial charge in [0.25, 0.3) is 0 Å². The van der Waals surface area contributed by atoms with Crippen LogP contribution in [0.5, 0.6) is 5.75 Å². The summed E-state index contributed by atoms with van der Waals surface area (Å²) in [4.78, 5) is 2.01. The fourth-order valence-corrected chi connectivity index (χ4v) is 3.40. The molecule has 26 heavy (non-hydrogen) atoms. The minimum absolute atomic E-state index is 0.279. The molecule has 0 aliphatic carbocycles. The van der Waals surface area contributed by atoms with Crippen LogP contribution < -0.4 is 9.64 Å². The fraction of sp³-hybridized carbons (Fsp3) is 0.150. The van der Waals surface area contributed by atoms with Crippen LogP contribution in [0.15, 0.2) is 86.7 Å². The number of benzene rings is 2. The summed E-state index contributed by atoms with van der Waals surface area (Å²) >= 11 is 1.48. The molecular weight excluding hydrogens is 344 g/mol. The Morgan fingerprint density at radius 3 is 2.54 bits per heavy atom. The Bertz CT molecular complexity index is 896. The molecule has 1 heterocycles. The third-order valence-corrected chi connectivity index (χ3v) is 4.69. The van der Waals surface area contributed by atoms with Crippen molar-refractivity contribution in [3.63, 3.8) is 0 Å². The number of azo groups is 1. The van der Waals surface area contributed by atoms with Crippen LogP contribution in [-0.2, 0) is 0 Å². The maximum absolute atomic E-state index is 9.58. The van der Waals surface area contributed by atoms with E-state index in [0.717, 1.165) is 22.2 Å². The van der Waals surface area contributed by atoms with Gasteiger partial charge in [0.2, 0.25) is 0 Å². The highest BCUT2D eigenvalue weighted by Gasteiger charge is 2.24. The topological polar surface area (TPSA) is 61.0 Å². The first-order valence-electron chi connectivity index (χ1n) is 8.20. The van der Waals surface area contributed by atoms with E-state index >= 15 is 0 Å². The van der Waals surface area contributed by atoms with Crippen LogP contribution in [0.4, 0.5) is 11.4 Å². The SMILES string of the molecule is CCOc1ccc(N=NC(C#N)=C2SC=C(C)N2c2ccccc2)cc1. The highest BCUT2D eigenvalue weighted by Crippen LogP contribution is 2.40. The maximum atomic E-state index is 9.58. The van der Waals surface area contributed by atoms with Crippen LogP contribution in [0.1, 0.15) is 13.8 Å². The second kappa shape index (κ2) is 8.37. The van der Waals surface area contributed by atoms with Gasteiger partial charge in [-0.2, -0.15) is 5.26 Å². The number of nitriles is 1. The molecular formula is C20H18N4OS. The molecule has 1 aliphatic rings. The monoisotopic (exact) mass is 362 g/mol. The van der Waals surface area contributed by atoms with E-state index in [2.05, 4.69) is 16.3 Å². The summed E-state index contributed by atoms with van der Waals surface area (Å²) in [6.45, 7) is 4.56. The molecule has 0 fully saturated rings. The van der Waals surface area contributed by atoms with Gasteiger partial charge < -0.3 is 9.64 Å². The lowest BCUT2D eigenvalue weighted by Crippen LogP contribution is -2.15. The molecule has 0 unspecified atom stereocenters. The summed E-state index contributed by atoms with van der Waals surface area (Å²) in [6, 6.07) is 19.4. The molecule has 2 aromatic rings. The van der Waals surface area contributed by atoms with Crippen LogP contribution in [0.3, 0.4) is 0 Å². The third-order valence-electron chi connectivity index (χ3n) is 3.63. The second-order valence-corrected chi connectivity index (χ2v) is 6.30. The van der Waals surface area contributed by atoms with Gasteiger partial charge in [0, 0.05) is 11.4 Å². The van der Waals surface area contributed by atoms with E-state index in [-0.39, 0.29) is 5.70 Å². The Morgan fingerprint density at radius 2 is 1.88 bits per heavy atom. The first kappa shape index (κ1) is 17.8. The summed E-state index contributed by atoms with van der Waals surface area (Å²) in [5, 5.41) is 20.7. The molecule has 0 N–H and O–H groups in total. The molecule has 0 saturated heterocycles. The number of hydrogen-bond donors (Lipinski definition) is 0. The number of rotatable bonds is 5. The highest BCUT2D eigenvalue weighted by molar-refractivity contribution is 8.06. The number of para-hydroxylation sites is 1. The van der Waals surface area contributed by atoms with E-state index < -0.39 is 0 Å². The molecule has 0 amide bonds. The molecule has 0 saturated carbocycles. The summed E-state index contributed by atoms with van der Waals surface area (Å²) < 4.78 is 5.41. The van der Waals surface area contributed by atoms with Gasteiger partial charge in [-0.25, -0.2) is 0 Å². The largest absolute Gasteiger partial charge is 0.494 e. The average Bonchev–Trinajstić information content (AvgIpc) is 3.06. The fourth-order valence-electron chi connectivity index (χ4n) is 2.46. The number of hydrogen-bond acceptors (Lipinski definition) is 6. The molecule has 130 valence electrons. The van der Waals surface area contributed by atoms with Crippen molar-refractivity contribution in [3.8, 4) is 11.8 Å². The van der Waals surface area contributed by atoms with Crippen LogP contribution in [0.25, 0.3) is 0 Å². The van der Waals surface area contributed by atoms with Gasteiger partial charge >= 0.3 is 0 Å². The first-order valence-corrected chi connectivity index (χ1v) is 9.08. The van der Waals surface area contributed by atoms with E-state index in [4.69, 9.17) is 4.74 Å². The quantitative estimate of drug-likeness (QED) is 0.485. The van der Waals surface area contributed by atoms with Crippen molar-refractivity contribution in [2.75, 3.05) is 11.5 Å². The van der Waals surface area contributed by atoms with Gasteiger partial charge in [-0.05, 0) is 55.7 Å². The standard InChI is InChI=1S/C20H18N4OS/c1-3-25-18-11-9-16(10-12-18)22-23-19(13-21)20-24(15(2)14-26-20)17-7-5-4-6-8-17/h4-12,14H,3H2,1-2H3. The number of ether oxygens (including phenoxy) is 1. The number of nitrogens with zero attached hydrogens (tertiary/aromatic N) is 4.